The molecule has 0 spiro atoms. The Balaban J connectivity index is 1.95. The first-order valence-electron chi connectivity index (χ1n) is 5.77. The summed E-state index contributed by atoms with van der Waals surface area (Å²) in [7, 11) is 0. The molecular weight excluding hydrogens is 194 g/mol. The van der Waals surface area contributed by atoms with Crippen LogP contribution in [-0.4, -0.2) is 49.7 Å². The number of nitrogens with one attached hydrogen (secondary N) is 1. The molecule has 1 heterocycles. The van der Waals surface area contributed by atoms with Crippen molar-refractivity contribution in [3.8, 4) is 0 Å². The van der Waals surface area contributed by atoms with Gasteiger partial charge in [0.25, 0.3) is 0 Å². The molecule has 0 radical (unpaired) electrons. The maximum absolute atomic E-state index is 9.56. The molecule has 1 aliphatic rings. The lowest BCUT2D eigenvalue weighted by Gasteiger charge is -2.39. The van der Waals surface area contributed by atoms with E-state index in [-0.39, 0.29) is 5.60 Å². The summed E-state index contributed by atoms with van der Waals surface area (Å²) in [6.07, 6.45) is 1.67. The summed E-state index contributed by atoms with van der Waals surface area (Å²) in [4.78, 5) is 0. The van der Waals surface area contributed by atoms with Crippen molar-refractivity contribution in [1.29, 1.82) is 0 Å². The van der Waals surface area contributed by atoms with Gasteiger partial charge in [-0.25, -0.2) is 0 Å². The van der Waals surface area contributed by atoms with Gasteiger partial charge in [-0.15, -0.1) is 0 Å². The lowest BCUT2D eigenvalue weighted by molar-refractivity contribution is -0.108. The monoisotopic (exact) mass is 217 g/mol. The summed E-state index contributed by atoms with van der Waals surface area (Å²) < 4.78 is 10.9. The lowest BCUT2D eigenvalue weighted by atomic mass is 10.0. The first-order valence-corrected chi connectivity index (χ1v) is 5.77. The Morgan fingerprint density at radius 2 is 2.13 bits per heavy atom. The highest BCUT2D eigenvalue weighted by atomic mass is 16.5. The van der Waals surface area contributed by atoms with E-state index in [1.165, 1.54) is 0 Å². The zero-order valence-corrected chi connectivity index (χ0v) is 9.79. The lowest BCUT2D eigenvalue weighted by Crippen LogP contribution is -2.59. The second-order valence-electron chi connectivity index (χ2n) is 4.45. The first-order chi connectivity index (χ1) is 7.16. The third-order valence-electron chi connectivity index (χ3n) is 2.57. The molecule has 2 N–H and O–H groups in total. The molecule has 1 aliphatic heterocycles. The number of aliphatic hydroxyl groups is 1. The molecule has 0 aliphatic carbocycles. The fourth-order valence-corrected chi connectivity index (χ4v) is 1.39. The van der Waals surface area contributed by atoms with Crippen LogP contribution in [0.5, 0.6) is 0 Å². The number of unbranched alkanes of at least 4 members (excludes halogenated alkanes) is 1. The van der Waals surface area contributed by atoms with Crippen LogP contribution < -0.4 is 5.32 Å². The zero-order chi connectivity index (χ0) is 11.1. The summed E-state index contributed by atoms with van der Waals surface area (Å²) in [5, 5.41) is 12.7. The molecule has 0 aromatic carbocycles. The highest BCUT2D eigenvalue weighted by Crippen LogP contribution is 2.15. The quantitative estimate of drug-likeness (QED) is 0.583. The fourth-order valence-electron chi connectivity index (χ4n) is 1.39. The summed E-state index contributed by atoms with van der Waals surface area (Å²) in [5.74, 6) is 0. The summed E-state index contributed by atoms with van der Waals surface area (Å²) in [6, 6.07) is 0. The van der Waals surface area contributed by atoms with Crippen LogP contribution in [0.15, 0.2) is 0 Å². The van der Waals surface area contributed by atoms with E-state index in [4.69, 9.17) is 9.47 Å². The van der Waals surface area contributed by atoms with Crippen LogP contribution in [0.25, 0.3) is 0 Å². The van der Waals surface area contributed by atoms with Crippen LogP contribution in [0.1, 0.15) is 26.7 Å². The van der Waals surface area contributed by atoms with Crippen LogP contribution >= 0.6 is 0 Å². The highest BCUT2D eigenvalue weighted by molar-refractivity contribution is 4.90. The van der Waals surface area contributed by atoms with Gasteiger partial charge in [0.15, 0.2) is 0 Å². The van der Waals surface area contributed by atoms with Gasteiger partial charge in [-0.05, 0) is 13.3 Å². The highest BCUT2D eigenvalue weighted by Gasteiger charge is 2.32. The van der Waals surface area contributed by atoms with Gasteiger partial charge in [0, 0.05) is 19.7 Å². The van der Waals surface area contributed by atoms with E-state index in [1.54, 1.807) is 0 Å². The Bertz CT molecular complexity index is 171. The first kappa shape index (κ1) is 12.9. The minimum atomic E-state index is -0.501. The second kappa shape index (κ2) is 6.43. The normalized spacial score (nSPS) is 21.0. The second-order valence-corrected chi connectivity index (χ2v) is 4.45. The van der Waals surface area contributed by atoms with E-state index in [1.807, 2.05) is 6.92 Å². The van der Waals surface area contributed by atoms with E-state index in [0.717, 1.165) is 32.5 Å². The Labute approximate surface area is 92.0 Å². The maximum Gasteiger partial charge on any atom is 0.101 e. The number of hydrogen-bond acceptors (Lipinski definition) is 4. The van der Waals surface area contributed by atoms with Crippen molar-refractivity contribution in [2.45, 2.75) is 38.4 Å². The van der Waals surface area contributed by atoms with Crippen molar-refractivity contribution < 1.29 is 14.6 Å². The van der Waals surface area contributed by atoms with E-state index in [9.17, 15) is 5.11 Å². The Morgan fingerprint density at radius 1 is 1.40 bits per heavy atom. The van der Waals surface area contributed by atoms with Gasteiger partial charge < -0.3 is 19.9 Å². The van der Waals surface area contributed by atoms with E-state index in [2.05, 4.69) is 12.2 Å². The molecule has 0 bridgehead atoms. The van der Waals surface area contributed by atoms with Gasteiger partial charge in [-0.2, -0.15) is 0 Å². The fraction of sp³-hybridized carbons (Fsp3) is 1.00. The third kappa shape index (κ3) is 4.93. The SMILES string of the molecule is CCCCOCC(O)COC1(C)CNC1. The molecule has 4 nitrogen and oxygen atoms in total. The Kier molecular flexibility index (Phi) is 5.53. The van der Waals surface area contributed by atoms with Gasteiger partial charge in [-0.1, -0.05) is 13.3 Å². The molecule has 1 saturated heterocycles. The van der Waals surface area contributed by atoms with Crippen molar-refractivity contribution in [1.82, 2.24) is 5.32 Å². The smallest absolute Gasteiger partial charge is 0.101 e. The molecule has 1 atom stereocenters. The zero-order valence-electron chi connectivity index (χ0n) is 9.79. The molecule has 15 heavy (non-hydrogen) atoms. The standard InChI is InChI=1S/C11H23NO3/c1-3-4-5-14-6-10(13)7-15-11(2)8-12-9-11/h10,12-13H,3-9H2,1-2H3. The Hall–Kier alpha value is -0.160. The number of ether oxygens (including phenoxy) is 2. The Morgan fingerprint density at radius 3 is 2.67 bits per heavy atom. The van der Waals surface area contributed by atoms with E-state index < -0.39 is 6.10 Å². The van der Waals surface area contributed by atoms with Crippen molar-refractivity contribution >= 4 is 0 Å². The van der Waals surface area contributed by atoms with E-state index >= 15 is 0 Å². The maximum atomic E-state index is 9.56. The van der Waals surface area contributed by atoms with E-state index in [0.29, 0.717) is 13.2 Å². The molecule has 0 saturated carbocycles. The largest absolute Gasteiger partial charge is 0.388 e. The van der Waals surface area contributed by atoms with Crippen LogP contribution in [0.4, 0.5) is 0 Å². The molecule has 1 rings (SSSR count). The van der Waals surface area contributed by atoms with Gasteiger partial charge in [0.05, 0.1) is 18.8 Å². The van der Waals surface area contributed by atoms with Gasteiger partial charge in [0.1, 0.15) is 6.10 Å². The topological polar surface area (TPSA) is 50.7 Å². The number of hydrogen-bond donors (Lipinski definition) is 2. The average molecular weight is 217 g/mol. The molecule has 90 valence electrons. The van der Waals surface area contributed by atoms with Crippen LogP contribution in [0.3, 0.4) is 0 Å². The van der Waals surface area contributed by atoms with Crippen molar-refractivity contribution in [2.24, 2.45) is 0 Å². The van der Waals surface area contributed by atoms with Crippen LogP contribution in [0, 0.1) is 0 Å². The molecule has 1 unspecified atom stereocenters. The molecule has 0 amide bonds. The summed E-state index contributed by atoms with van der Waals surface area (Å²) in [5.41, 5.74) is -0.0790. The number of aliphatic hydroxyl groups excluding tert-OH is 1. The summed E-state index contributed by atoms with van der Waals surface area (Å²) >= 11 is 0. The van der Waals surface area contributed by atoms with Gasteiger partial charge >= 0.3 is 0 Å². The summed E-state index contributed by atoms with van der Waals surface area (Å²) in [6.45, 7) is 7.38. The van der Waals surface area contributed by atoms with Crippen molar-refractivity contribution in [2.75, 3.05) is 32.9 Å². The van der Waals surface area contributed by atoms with Gasteiger partial charge in [0.2, 0.25) is 0 Å². The predicted octanol–water partition coefficient (Wildman–Crippen LogP) is 0.542. The van der Waals surface area contributed by atoms with Crippen molar-refractivity contribution in [3.05, 3.63) is 0 Å². The van der Waals surface area contributed by atoms with Crippen LogP contribution in [0.2, 0.25) is 0 Å². The predicted molar refractivity (Wildman–Crippen MR) is 59.0 cm³/mol. The number of rotatable bonds is 8. The van der Waals surface area contributed by atoms with Gasteiger partial charge in [-0.3, -0.25) is 0 Å². The van der Waals surface area contributed by atoms with Crippen molar-refractivity contribution in [3.63, 3.8) is 0 Å². The average Bonchev–Trinajstić information content (AvgIpc) is 2.19. The third-order valence-corrected chi connectivity index (χ3v) is 2.57. The molecule has 4 heteroatoms. The molecule has 0 aromatic heterocycles. The minimum Gasteiger partial charge on any atom is -0.388 e. The minimum absolute atomic E-state index is 0.0790. The molecule has 0 aromatic rings. The molecular formula is C11H23NO3. The van der Waals surface area contributed by atoms with Crippen LogP contribution in [-0.2, 0) is 9.47 Å². The molecule has 1 fully saturated rings.